The average Bonchev–Trinajstić information content (AvgIpc) is 2.34. The number of aliphatic imine (C=N–C) groups is 1. The molecular weight excluding hydrogens is 262 g/mol. The Morgan fingerprint density at radius 1 is 1.42 bits per heavy atom. The van der Waals surface area contributed by atoms with Crippen molar-refractivity contribution >= 4 is 34.8 Å². The molecule has 1 aromatic carbocycles. The summed E-state index contributed by atoms with van der Waals surface area (Å²) in [5, 5.41) is 8.91. The lowest BCUT2D eigenvalue weighted by molar-refractivity contribution is 0.203. The summed E-state index contributed by atoms with van der Waals surface area (Å²) in [6.45, 7) is 1.92. The maximum absolute atomic E-state index is 10.9. The van der Waals surface area contributed by atoms with E-state index in [1.54, 1.807) is 17.8 Å². The fraction of sp³-hybridized carbons (Fsp3) is 0.385. The molecule has 5 nitrogen and oxygen atoms in total. The third-order valence-corrected chi connectivity index (χ3v) is 3.37. The van der Waals surface area contributed by atoms with Crippen molar-refractivity contribution in [3.05, 3.63) is 23.8 Å². The molecule has 1 rings (SSSR count). The molecule has 0 spiro atoms. The van der Waals surface area contributed by atoms with Crippen LogP contribution in [0.15, 0.2) is 23.2 Å². The second kappa shape index (κ2) is 7.16. The van der Waals surface area contributed by atoms with Gasteiger partial charge in [-0.25, -0.2) is 9.79 Å². The highest BCUT2D eigenvalue weighted by molar-refractivity contribution is 8.12. The summed E-state index contributed by atoms with van der Waals surface area (Å²) < 4.78 is 0. The third-order valence-electron chi connectivity index (χ3n) is 2.45. The molecule has 0 atom stereocenters. The molecule has 0 aliphatic heterocycles. The summed E-state index contributed by atoms with van der Waals surface area (Å²) in [6, 6.07) is 5.40. The molecule has 104 valence electrons. The maximum atomic E-state index is 10.9. The minimum absolute atomic E-state index is 0.643. The van der Waals surface area contributed by atoms with E-state index in [0.717, 1.165) is 17.1 Å². The van der Waals surface area contributed by atoms with Crippen LogP contribution in [0.5, 0.6) is 0 Å². The Labute approximate surface area is 117 Å². The number of carbonyl (C=O) groups is 1. The maximum Gasteiger partial charge on any atom is 0.411 e. The van der Waals surface area contributed by atoms with Crippen LogP contribution in [0.1, 0.15) is 5.56 Å². The van der Waals surface area contributed by atoms with Gasteiger partial charge in [-0.3, -0.25) is 9.80 Å². The number of carboxylic acid groups (broad SMARTS) is 1. The normalized spacial score (nSPS) is 11.2. The summed E-state index contributed by atoms with van der Waals surface area (Å²) in [6.07, 6.45) is -0.975. The van der Waals surface area contributed by atoms with Crippen LogP contribution in [-0.2, 0) is 0 Å². The van der Waals surface area contributed by atoms with Gasteiger partial charge in [-0.2, -0.15) is 0 Å². The van der Waals surface area contributed by atoms with Gasteiger partial charge in [-0.1, -0.05) is 11.8 Å². The fourth-order valence-electron chi connectivity index (χ4n) is 1.38. The van der Waals surface area contributed by atoms with Crippen molar-refractivity contribution in [1.82, 2.24) is 4.90 Å². The van der Waals surface area contributed by atoms with Gasteiger partial charge in [0.1, 0.15) is 0 Å². The van der Waals surface area contributed by atoms with E-state index in [0.29, 0.717) is 5.69 Å². The molecular formula is C13H19N3O2S. The number of hydrogen-bond donors (Lipinski definition) is 1. The molecule has 0 unspecified atom stereocenters. The van der Waals surface area contributed by atoms with Crippen LogP contribution in [0.2, 0.25) is 0 Å². The Balaban J connectivity index is 2.75. The quantitative estimate of drug-likeness (QED) is 0.512. The molecule has 1 N–H and O–H groups in total. The number of rotatable bonds is 5. The standard InChI is InChI=1S/C13H19N3O2S/c1-10-7-11(16(4)13(17)18)5-6-12(10)14-8-19-9-15(2)3/h5-8H,9H2,1-4H3,(H,17,18). The van der Waals surface area contributed by atoms with Crippen LogP contribution in [-0.4, -0.2) is 48.7 Å². The molecule has 19 heavy (non-hydrogen) atoms. The monoisotopic (exact) mass is 281 g/mol. The van der Waals surface area contributed by atoms with Gasteiger partial charge in [0.15, 0.2) is 0 Å². The smallest absolute Gasteiger partial charge is 0.411 e. The highest BCUT2D eigenvalue weighted by atomic mass is 32.2. The van der Waals surface area contributed by atoms with E-state index in [1.165, 1.54) is 11.9 Å². The lowest BCUT2D eigenvalue weighted by Gasteiger charge is -2.14. The second-order valence-corrected chi connectivity index (χ2v) is 5.22. The minimum atomic E-state index is -0.975. The summed E-state index contributed by atoms with van der Waals surface area (Å²) >= 11 is 1.61. The zero-order chi connectivity index (χ0) is 14.4. The van der Waals surface area contributed by atoms with Crippen LogP contribution in [0.3, 0.4) is 0 Å². The van der Waals surface area contributed by atoms with Gasteiger partial charge in [0.2, 0.25) is 0 Å². The molecule has 0 aliphatic rings. The van der Waals surface area contributed by atoms with Gasteiger partial charge < -0.3 is 5.11 Å². The number of thioether (sulfide) groups is 1. The Bertz CT molecular complexity index is 475. The molecule has 0 radical (unpaired) electrons. The number of amides is 1. The third kappa shape index (κ3) is 4.92. The van der Waals surface area contributed by atoms with E-state index in [9.17, 15) is 4.79 Å². The highest BCUT2D eigenvalue weighted by Gasteiger charge is 2.09. The van der Waals surface area contributed by atoms with Crippen LogP contribution in [0, 0.1) is 6.92 Å². The zero-order valence-corrected chi connectivity index (χ0v) is 12.4. The second-order valence-electron chi connectivity index (χ2n) is 4.42. The zero-order valence-electron chi connectivity index (χ0n) is 11.6. The summed E-state index contributed by atoms with van der Waals surface area (Å²) in [7, 11) is 5.53. The van der Waals surface area contributed by atoms with Crippen LogP contribution in [0.25, 0.3) is 0 Å². The average molecular weight is 281 g/mol. The first-order valence-electron chi connectivity index (χ1n) is 5.78. The number of aryl methyl sites for hydroxylation is 1. The largest absolute Gasteiger partial charge is 0.465 e. The van der Waals surface area contributed by atoms with E-state index in [4.69, 9.17) is 5.11 Å². The Morgan fingerprint density at radius 3 is 2.63 bits per heavy atom. The first-order valence-corrected chi connectivity index (χ1v) is 6.83. The van der Waals surface area contributed by atoms with Crippen molar-refractivity contribution in [3.63, 3.8) is 0 Å². The van der Waals surface area contributed by atoms with E-state index in [2.05, 4.69) is 9.89 Å². The van der Waals surface area contributed by atoms with Gasteiger partial charge in [0.25, 0.3) is 0 Å². The molecule has 6 heteroatoms. The molecule has 1 aromatic rings. The molecule has 0 saturated carbocycles. The van der Waals surface area contributed by atoms with Gasteiger partial charge in [-0.05, 0) is 44.8 Å². The van der Waals surface area contributed by atoms with Gasteiger partial charge in [0.05, 0.1) is 11.2 Å². The molecule has 0 heterocycles. The lowest BCUT2D eigenvalue weighted by Crippen LogP contribution is -2.23. The molecule has 1 amide bonds. The molecule has 0 bridgehead atoms. The first kappa shape index (κ1) is 15.5. The predicted octanol–water partition coefficient (Wildman–Crippen LogP) is 3.02. The summed E-state index contributed by atoms with van der Waals surface area (Å²) in [5.41, 5.74) is 4.26. The summed E-state index contributed by atoms with van der Waals surface area (Å²) in [5.74, 6) is 0.877. The Hall–Kier alpha value is -1.53. The van der Waals surface area contributed by atoms with Crippen molar-refractivity contribution in [3.8, 4) is 0 Å². The van der Waals surface area contributed by atoms with Crippen molar-refractivity contribution in [1.29, 1.82) is 0 Å². The van der Waals surface area contributed by atoms with Gasteiger partial charge in [0, 0.05) is 18.6 Å². The summed E-state index contributed by atoms with van der Waals surface area (Å²) in [4.78, 5) is 18.5. The van der Waals surface area contributed by atoms with Crippen LogP contribution < -0.4 is 4.90 Å². The lowest BCUT2D eigenvalue weighted by atomic mass is 10.2. The molecule has 0 saturated heterocycles. The number of benzene rings is 1. The van der Waals surface area contributed by atoms with Gasteiger partial charge >= 0.3 is 6.09 Å². The van der Waals surface area contributed by atoms with Crippen LogP contribution >= 0.6 is 11.8 Å². The Morgan fingerprint density at radius 2 is 2.11 bits per heavy atom. The van der Waals surface area contributed by atoms with Gasteiger partial charge in [-0.15, -0.1) is 0 Å². The predicted molar refractivity (Wildman–Crippen MR) is 81.9 cm³/mol. The van der Waals surface area contributed by atoms with Crippen LogP contribution in [0.4, 0.5) is 16.2 Å². The van der Waals surface area contributed by atoms with E-state index < -0.39 is 6.09 Å². The van der Waals surface area contributed by atoms with Crippen molar-refractivity contribution in [2.24, 2.45) is 4.99 Å². The Kier molecular flexibility index (Phi) is 5.85. The molecule has 0 fully saturated rings. The topological polar surface area (TPSA) is 56.1 Å². The number of hydrogen-bond acceptors (Lipinski definition) is 4. The van der Waals surface area contributed by atoms with Crippen molar-refractivity contribution in [2.45, 2.75) is 6.92 Å². The number of anilines is 1. The highest BCUT2D eigenvalue weighted by Crippen LogP contribution is 2.24. The fourth-order valence-corrected chi connectivity index (χ4v) is 1.93. The van der Waals surface area contributed by atoms with E-state index in [-0.39, 0.29) is 0 Å². The van der Waals surface area contributed by atoms with E-state index >= 15 is 0 Å². The molecule has 0 aliphatic carbocycles. The molecule has 0 aromatic heterocycles. The van der Waals surface area contributed by atoms with E-state index in [1.807, 2.05) is 38.7 Å². The first-order chi connectivity index (χ1) is 8.91. The van der Waals surface area contributed by atoms with Crippen molar-refractivity contribution < 1.29 is 9.90 Å². The van der Waals surface area contributed by atoms with Crippen molar-refractivity contribution in [2.75, 3.05) is 31.9 Å². The minimum Gasteiger partial charge on any atom is -0.465 e. The SMILES string of the molecule is Cc1cc(N(C)C(=O)O)ccc1N=CSCN(C)C. The number of nitrogens with zero attached hydrogens (tertiary/aromatic N) is 3.